The SMILES string of the molecule is NCC(Cc1ccccc1)C(=O)NC1CCCS(=O)(=O)C1. The molecule has 6 heteroatoms. The Hall–Kier alpha value is -1.40. The normalized spacial score (nSPS) is 22.4. The summed E-state index contributed by atoms with van der Waals surface area (Å²) in [5.41, 5.74) is 6.76. The van der Waals surface area contributed by atoms with Crippen LogP contribution in [0.4, 0.5) is 0 Å². The molecular weight excluding hydrogens is 288 g/mol. The Labute approximate surface area is 125 Å². The lowest BCUT2D eigenvalue weighted by molar-refractivity contribution is -0.125. The quantitative estimate of drug-likeness (QED) is 0.828. The van der Waals surface area contributed by atoms with Crippen molar-refractivity contribution >= 4 is 15.7 Å². The molecule has 1 heterocycles. The van der Waals surface area contributed by atoms with Crippen LogP contribution in [-0.2, 0) is 21.1 Å². The van der Waals surface area contributed by atoms with Crippen LogP contribution < -0.4 is 11.1 Å². The second kappa shape index (κ2) is 7.04. The molecule has 5 nitrogen and oxygen atoms in total. The first kappa shape index (κ1) is 16.0. The lowest BCUT2D eigenvalue weighted by atomic mass is 9.98. The van der Waals surface area contributed by atoms with Crippen LogP contribution in [0.25, 0.3) is 0 Å². The van der Waals surface area contributed by atoms with Crippen molar-refractivity contribution in [3.05, 3.63) is 35.9 Å². The molecule has 2 rings (SSSR count). The number of amides is 1. The third-order valence-corrected chi connectivity index (χ3v) is 5.61. The Balaban J connectivity index is 1.94. The predicted octanol–water partition coefficient (Wildman–Crippen LogP) is 0.497. The highest BCUT2D eigenvalue weighted by atomic mass is 32.2. The summed E-state index contributed by atoms with van der Waals surface area (Å²) in [5, 5.41) is 2.85. The molecule has 1 aliphatic heterocycles. The molecule has 0 radical (unpaired) electrons. The van der Waals surface area contributed by atoms with Crippen LogP contribution in [0.5, 0.6) is 0 Å². The highest BCUT2D eigenvalue weighted by Gasteiger charge is 2.27. The van der Waals surface area contributed by atoms with E-state index in [2.05, 4.69) is 5.32 Å². The largest absolute Gasteiger partial charge is 0.352 e. The zero-order valence-electron chi connectivity index (χ0n) is 12.0. The Morgan fingerprint density at radius 3 is 2.67 bits per heavy atom. The van der Waals surface area contributed by atoms with E-state index in [9.17, 15) is 13.2 Å². The Bertz CT molecular complexity index is 572. The molecule has 1 aromatic rings. The van der Waals surface area contributed by atoms with Gasteiger partial charge in [0.2, 0.25) is 5.91 Å². The minimum absolute atomic E-state index is 0.0430. The van der Waals surface area contributed by atoms with Crippen LogP contribution in [0.2, 0.25) is 0 Å². The number of nitrogens with one attached hydrogen (secondary N) is 1. The van der Waals surface area contributed by atoms with Gasteiger partial charge in [0.1, 0.15) is 0 Å². The molecule has 0 bridgehead atoms. The maximum Gasteiger partial charge on any atom is 0.224 e. The first-order valence-electron chi connectivity index (χ1n) is 7.25. The number of carbonyl (C=O) groups is 1. The molecule has 116 valence electrons. The van der Waals surface area contributed by atoms with Gasteiger partial charge in [-0.15, -0.1) is 0 Å². The van der Waals surface area contributed by atoms with Crippen LogP contribution in [0.1, 0.15) is 18.4 Å². The summed E-state index contributed by atoms with van der Waals surface area (Å²) in [6, 6.07) is 9.42. The highest BCUT2D eigenvalue weighted by Crippen LogP contribution is 2.14. The van der Waals surface area contributed by atoms with Crippen molar-refractivity contribution < 1.29 is 13.2 Å². The van der Waals surface area contributed by atoms with Gasteiger partial charge in [0.25, 0.3) is 0 Å². The molecule has 1 saturated heterocycles. The molecule has 0 spiro atoms. The summed E-state index contributed by atoms with van der Waals surface area (Å²) in [5.74, 6) is -0.203. The van der Waals surface area contributed by atoms with Gasteiger partial charge in [-0.25, -0.2) is 8.42 Å². The van der Waals surface area contributed by atoms with Gasteiger partial charge in [0, 0.05) is 12.6 Å². The molecule has 1 aliphatic rings. The van der Waals surface area contributed by atoms with Gasteiger partial charge in [-0.1, -0.05) is 30.3 Å². The molecule has 3 N–H and O–H groups in total. The minimum Gasteiger partial charge on any atom is -0.352 e. The van der Waals surface area contributed by atoms with E-state index in [1.165, 1.54) is 0 Å². The number of hydrogen-bond acceptors (Lipinski definition) is 4. The van der Waals surface area contributed by atoms with Gasteiger partial charge in [0.15, 0.2) is 9.84 Å². The van der Waals surface area contributed by atoms with Crippen LogP contribution >= 0.6 is 0 Å². The average molecular weight is 310 g/mol. The fourth-order valence-corrected chi connectivity index (χ4v) is 4.27. The topological polar surface area (TPSA) is 89.3 Å². The number of nitrogens with two attached hydrogens (primary N) is 1. The first-order chi connectivity index (χ1) is 10.00. The van der Waals surface area contributed by atoms with E-state index in [4.69, 9.17) is 5.73 Å². The summed E-state index contributed by atoms with van der Waals surface area (Å²) in [6.07, 6.45) is 1.90. The summed E-state index contributed by atoms with van der Waals surface area (Å²) in [6.45, 7) is 0.250. The molecule has 1 aromatic carbocycles. The molecule has 1 amide bonds. The molecule has 0 aromatic heterocycles. The summed E-state index contributed by atoms with van der Waals surface area (Å²) < 4.78 is 23.2. The van der Waals surface area contributed by atoms with E-state index in [1.54, 1.807) is 0 Å². The van der Waals surface area contributed by atoms with E-state index in [-0.39, 0.29) is 35.9 Å². The van der Waals surface area contributed by atoms with Crippen LogP contribution in [0.15, 0.2) is 30.3 Å². The lowest BCUT2D eigenvalue weighted by Crippen LogP contribution is -2.47. The number of carbonyl (C=O) groups excluding carboxylic acids is 1. The van der Waals surface area contributed by atoms with Crippen LogP contribution in [0.3, 0.4) is 0 Å². The van der Waals surface area contributed by atoms with Gasteiger partial charge >= 0.3 is 0 Å². The van der Waals surface area contributed by atoms with Crippen molar-refractivity contribution in [2.45, 2.75) is 25.3 Å². The molecular formula is C15H22N2O3S. The number of rotatable bonds is 5. The van der Waals surface area contributed by atoms with Crippen molar-refractivity contribution in [1.82, 2.24) is 5.32 Å². The Morgan fingerprint density at radius 2 is 2.05 bits per heavy atom. The zero-order chi connectivity index (χ0) is 15.3. The van der Waals surface area contributed by atoms with Crippen molar-refractivity contribution in [3.8, 4) is 0 Å². The van der Waals surface area contributed by atoms with Gasteiger partial charge in [-0.2, -0.15) is 0 Å². The molecule has 21 heavy (non-hydrogen) atoms. The van der Waals surface area contributed by atoms with Crippen LogP contribution in [-0.4, -0.2) is 38.4 Å². The van der Waals surface area contributed by atoms with E-state index < -0.39 is 9.84 Å². The smallest absolute Gasteiger partial charge is 0.224 e. The maximum absolute atomic E-state index is 12.3. The van der Waals surface area contributed by atoms with Crippen molar-refractivity contribution in [2.75, 3.05) is 18.1 Å². The molecule has 2 unspecified atom stereocenters. The van der Waals surface area contributed by atoms with Gasteiger partial charge in [0.05, 0.1) is 17.4 Å². The lowest BCUT2D eigenvalue weighted by Gasteiger charge is -2.25. The van der Waals surface area contributed by atoms with Crippen molar-refractivity contribution in [2.24, 2.45) is 11.7 Å². The first-order valence-corrected chi connectivity index (χ1v) is 9.07. The summed E-state index contributed by atoms with van der Waals surface area (Å²) >= 11 is 0. The minimum atomic E-state index is -3.01. The monoisotopic (exact) mass is 310 g/mol. The van der Waals surface area contributed by atoms with Gasteiger partial charge < -0.3 is 11.1 Å². The van der Waals surface area contributed by atoms with Crippen LogP contribution in [0, 0.1) is 5.92 Å². The number of sulfone groups is 1. The second-order valence-electron chi connectivity index (χ2n) is 5.58. The van der Waals surface area contributed by atoms with E-state index in [0.29, 0.717) is 19.3 Å². The standard InChI is InChI=1S/C15H22N2O3S/c16-10-13(9-12-5-2-1-3-6-12)15(18)17-14-7-4-8-21(19,20)11-14/h1-3,5-6,13-14H,4,7-11,16H2,(H,17,18). The fraction of sp³-hybridized carbons (Fsp3) is 0.533. The maximum atomic E-state index is 12.3. The highest BCUT2D eigenvalue weighted by molar-refractivity contribution is 7.91. The van der Waals surface area contributed by atoms with Gasteiger partial charge in [-0.05, 0) is 24.8 Å². The Kier molecular flexibility index (Phi) is 5.36. The van der Waals surface area contributed by atoms with E-state index in [0.717, 1.165) is 5.56 Å². The Morgan fingerprint density at radius 1 is 1.33 bits per heavy atom. The summed E-state index contributed by atoms with van der Waals surface area (Å²) in [4.78, 5) is 12.3. The second-order valence-corrected chi connectivity index (χ2v) is 7.81. The zero-order valence-corrected chi connectivity index (χ0v) is 12.8. The van der Waals surface area contributed by atoms with Crippen molar-refractivity contribution in [1.29, 1.82) is 0 Å². The predicted molar refractivity (Wildman–Crippen MR) is 82.5 cm³/mol. The third-order valence-electron chi connectivity index (χ3n) is 3.79. The fourth-order valence-electron chi connectivity index (χ4n) is 2.64. The van der Waals surface area contributed by atoms with Gasteiger partial charge in [-0.3, -0.25) is 4.79 Å². The molecule has 0 saturated carbocycles. The summed E-state index contributed by atoms with van der Waals surface area (Å²) in [7, 11) is -3.01. The van der Waals surface area contributed by atoms with Crippen molar-refractivity contribution in [3.63, 3.8) is 0 Å². The average Bonchev–Trinajstić information content (AvgIpc) is 2.44. The molecule has 1 fully saturated rings. The number of benzene rings is 1. The molecule has 2 atom stereocenters. The number of hydrogen-bond donors (Lipinski definition) is 2. The van der Waals surface area contributed by atoms with E-state index in [1.807, 2.05) is 30.3 Å². The third kappa shape index (κ3) is 4.82. The van der Waals surface area contributed by atoms with E-state index >= 15 is 0 Å². The molecule has 0 aliphatic carbocycles.